The van der Waals surface area contributed by atoms with E-state index in [-0.39, 0.29) is 22.4 Å². The molecule has 1 aromatic rings. The summed E-state index contributed by atoms with van der Waals surface area (Å²) in [6.07, 6.45) is 0.783. The lowest BCUT2D eigenvalue weighted by atomic mass is 10.3. The molecule has 0 heterocycles. The fourth-order valence-electron chi connectivity index (χ4n) is 1.92. The van der Waals surface area contributed by atoms with Crippen LogP contribution in [0.1, 0.15) is 26.7 Å². The van der Waals surface area contributed by atoms with Crippen molar-refractivity contribution >= 4 is 27.5 Å². The molecule has 0 aliphatic rings. The summed E-state index contributed by atoms with van der Waals surface area (Å²) in [6, 6.07) is 6.26. The molecule has 1 rings (SSSR count). The summed E-state index contributed by atoms with van der Waals surface area (Å²) >= 11 is 5.87. The van der Waals surface area contributed by atoms with Gasteiger partial charge in [0.2, 0.25) is 15.9 Å². The Bertz CT molecular complexity index is 571. The molecule has 0 unspecified atom stereocenters. The zero-order chi connectivity index (χ0) is 15.9. The molecule has 7 heteroatoms. The van der Waals surface area contributed by atoms with Gasteiger partial charge in [-0.2, -0.15) is 0 Å². The van der Waals surface area contributed by atoms with Crippen LogP contribution in [0.25, 0.3) is 0 Å². The molecule has 0 radical (unpaired) electrons. The minimum absolute atomic E-state index is 0.0388. The highest BCUT2D eigenvalue weighted by atomic mass is 35.5. The number of carbonyl (C=O) groups excluding carboxylic acids is 1. The van der Waals surface area contributed by atoms with Crippen molar-refractivity contribution in [1.82, 2.24) is 9.62 Å². The number of hydrogen-bond acceptors (Lipinski definition) is 3. The van der Waals surface area contributed by atoms with E-state index in [2.05, 4.69) is 4.72 Å². The second-order valence-electron chi connectivity index (χ2n) is 4.50. The summed E-state index contributed by atoms with van der Waals surface area (Å²) in [4.78, 5) is 13.6. The second kappa shape index (κ2) is 8.36. The summed E-state index contributed by atoms with van der Waals surface area (Å²) in [5, 5.41) is 0.184. The van der Waals surface area contributed by atoms with E-state index in [0.29, 0.717) is 25.9 Å². The van der Waals surface area contributed by atoms with E-state index in [1.54, 1.807) is 17.0 Å². The van der Waals surface area contributed by atoms with E-state index in [4.69, 9.17) is 11.6 Å². The van der Waals surface area contributed by atoms with Gasteiger partial charge in [-0.25, -0.2) is 13.1 Å². The molecule has 1 aromatic carbocycles. The zero-order valence-corrected chi connectivity index (χ0v) is 13.9. The topological polar surface area (TPSA) is 66.5 Å². The van der Waals surface area contributed by atoms with Gasteiger partial charge in [0, 0.05) is 26.1 Å². The van der Waals surface area contributed by atoms with Crippen molar-refractivity contribution in [3.05, 3.63) is 29.3 Å². The van der Waals surface area contributed by atoms with Gasteiger partial charge in [0.1, 0.15) is 4.90 Å². The number of benzene rings is 1. The summed E-state index contributed by atoms with van der Waals surface area (Å²) in [7, 11) is -3.63. The molecule has 0 saturated carbocycles. The molecule has 0 aromatic heterocycles. The van der Waals surface area contributed by atoms with Gasteiger partial charge in [-0.15, -0.1) is 0 Å². The van der Waals surface area contributed by atoms with Gasteiger partial charge in [0.15, 0.2) is 0 Å². The van der Waals surface area contributed by atoms with Gasteiger partial charge in [-0.3, -0.25) is 4.79 Å². The molecule has 0 aliphatic carbocycles. The summed E-state index contributed by atoms with van der Waals surface area (Å²) < 4.78 is 26.6. The number of sulfonamides is 1. The highest BCUT2D eigenvalue weighted by Crippen LogP contribution is 2.19. The molecule has 118 valence electrons. The van der Waals surface area contributed by atoms with Gasteiger partial charge in [0.25, 0.3) is 0 Å². The predicted octanol–water partition coefficient (Wildman–Crippen LogP) is 2.27. The number of amides is 1. The van der Waals surface area contributed by atoms with Gasteiger partial charge in [-0.1, -0.05) is 23.7 Å². The Balaban J connectivity index is 2.49. The molecule has 0 spiro atoms. The van der Waals surface area contributed by atoms with Gasteiger partial charge in [0.05, 0.1) is 5.02 Å². The average Bonchev–Trinajstić information content (AvgIpc) is 2.45. The Morgan fingerprint density at radius 2 is 1.86 bits per heavy atom. The fourth-order valence-corrected chi connectivity index (χ4v) is 3.51. The smallest absolute Gasteiger partial charge is 0.242 e. The number of halogens is 1. The molecule has 5 nitrogen and oxygen atoms in total. The average molecular weight is 333 g/mol. The number of carbonyl (C=O) groups is 1. The summed E-state index contributed by atoms with van der Waals surface area (Å²) in [6.45, 7) is 5.38. The van der Waals surface area contributed by atoms with Crippen molar-refractivity contribution < 1.29 is 13.2 Å². The Morgan fingerprint density at radius 3 is 2.43 bits per heavy atom. The minimum atomic E-state index is -3.63. The van der Waals surface area contributed by atoms with Crippen molar-refractivity contribution in [3.63, 3.8) is 0 Å². The van der Waals surface area contributed by atoms with Crippen LogP contribution in [0.5, 0.6) is 0 Å². The van der Waals surface area contributed by atoms with Crippen LogP contribution in [0, 0.1) is 0 Å². The van der Waals surface area contributed by atoms with Gasteiger partial charge in [-0.05, 0) is 32.4 Å². The van der Waals surface area contributed by atoms with Crippen molar-refractivity contribution in [3.8, 4) is 0 Å². The quantitative estimate of drug-likeness (QED) is 0.743. The lowest BCUT2D eigenvalue weighted by molar-refractivity contribution is -0.130. The van der Waals surface area contributed by atoms with Crippen molar-refractivity contribution in [2.45, 2.75) is 31.6 Å². The van der Waals surface area contributed by atoms with E-state index in [1.807, 2.05) is 13.8 Å². The van der Waals surface area contributed by atoms with E-state index in [0.717, 1.165) is 0 Å². The van der Waals surface area contributed by atoms with Gasteiger partial charge >= 0.3 is 0 Å². The third-order valence-corrected chi connectivity index (χ3v) is 5.06. The van der Waals surface area contributed by atoms with E-state index < -0.39 is 10.0 Å². The van der Waals surface area contributed by atoms with Crippen LogP contribution in [0.15, 0.2) is 29.2 Å². The van der Waals surface area contributed by atoms with E-state index >= 15 is 0 Å². The van der Waals surface area contributed by atoms with Crippen LogP contribution in [-0.4, -0.2) is 38.9 Å². The van der Waals surface area contributed by atoms with Crippen molar-refractivity contribution in [1.29, 1.82) is 0 Å². The first kappa shape index (κ1) is 17.9. The predicted molar refractivity (Wildman–Crippen MR) is 83.8 cm³/mol. The van der Waals surface area contributed by atoms with Crippen LogP contribution in [0.2, 0.25) is 5.02 Å². The van der Waals surface area contributed by atoms with Crippen LogP contribution in [0.3, 0.4) is 0 Å². The molecule has 0 fully saturated rings. The molecule has 1 amide bonds. The lowest BCUT2D eigenvalue weighted by Gasteiger charge is -2.18. The third kappa shape index (κ3) is 5.30. The van der Waals surface area contributed by atoms with Crippen LogP contribution in [-0.2, 0) is 14.8 Å². The molecule has 0 bridgehead atoms. The minimum Gasteiger partial charge on any atom is -0.343 e. The summed E-state index contributed by atoms with van der Waals surface area (Å²) in [5.41, 5.74) is 0. The fraction of sp³-hybridized carbons (Fsp3) is 0.500. The Labute approximate surface area is 131 Å². The molecular formula is C14H21ClN2O3S. The largest absolute Gasteiger partial charge is 0.343 e. The molecular weight excluding hydrogens is 312 g/mol. The van der Waals surface area contributed by atoms with E-state index in [1.165, 1.54) is 12.1 Å². The van der Waals surface area contributed by atoms with Crippen LogP contribution >= 0.6 is 11.6 Å². The second-order valence-corrected chi connectivity index (χ2v) is 6.64. The molecule has 1 N–H and O–H groups in total. The van der Waals surface area contributed by atoms with Crippen LogP contribution in [0.4, 0.5) is 0 Å². The van der Waals surface area contributed by atoms with Crippen molar-refractivity contribution in [2.24, 2.45) is 0 Å². The lowest BCUT2D eigenvalue weighted by Crippen LogP contribution is -2.31. The normalized spacial score (nSPS) is 11.4. The molecule has 0 saturated heterocycles. The standard InChI is InChI=1S/C14H21ClN2O3S/c1-3-17(4-2)14(18)10-7-11-16-21(19,20)13-9-6-5-8-12(13)15/h5-6,8-9,16H,3-4,7,10-11H2,1-2H3. The van der Waals surface area contributed by atoms with Crippen LogP contribution < -0.4 is 4.72 Å². The van der Waals surface area contributed by atoms with E-state index in [9.17, 15) is 13.2 Å². The highest BCUT2D eigenvalue weighted by Gasteiger charge is 2.17. The first-order chi connectivity index (χ1) is 9.92. The maximum Gasteiger partial charge on any atom is 0.242 e. The first-order valence-electron chi connectivity index (χ1n) is 6.94. The third-order valence-electron chi connectivity index (χ3n) is 3.10. The summed E-state index contributed by atoms with van der Waals surface area (Å²) in [5.74, 6) is 0.0388. The number of nitrogens with one attached hydrogen (secondary N) is 1. The Morgan fingerprint density at radius 1 is 1.24 bits per heavy atom. The Kier molecular flexibility index (Phi) is 7.14. The van der Waals surface area contributed by atoms with Gasteiger partial charge < -0.3 is 4.90 Å². The number of nitrogens with zero attached hydrogens (tertiary/aromatic N) is 1. The number of hydrogen-bond donors (Lipinski definition) is 1. The Hall–Kier alpha value is -1.11. The molecule has 0 aliphatic heterocycles. The first-order valence-corrected chi connectivity index (χ1v) is 8.80. The zero-order valence-electron chi connectivity index (χ0n) is 12.3. The number of rotatable bonds is 8. The highest BCUT2D eigenvalue weighted by molar-refractivity contribution is 7.89. The SMILES string of the molecule is CCN(CC)C(=O)CCCNS(=O)(=O)c1ccccc1Cl. The van der Waals surface area contributed by atoms with Crippen molar-refractivity contribution in [2.75, 3.05) is 19.6 Å². The monoisotopic (exact) mass is 332 g/mol. The maximum atomic E-state index is 12.1. The molecule has 21 heavy (non-hydrogen) atoms. The molecule has 0 atom stereocenters. The maximum absolute atomic E-state index is 12.1.